The minimum atomic E-state index is -0.648. The third-order valence-corrected chi connectivity index (χ3v) is 3.76. The van der Waals surface area contributed by atoms with Gasteiger partial charge in [-0.25, -0.2) is 9.97 Å². The number of amides is 1. The molecule has 1 amide bonds. The Balaban J connectivity index is 1.90. The number of rotatable bonds is 6. The van der Waals surface area contributed by atoms with Gasteiger partial charge >= 0.3 is 0 Å². The topological polar surface area (TPSA) is 75.1 Å². The fourth-order valence-corrected chi connectivity index (χ4v) is 2.26. The van der Waals surface area contributed by atoms with Crippen LogP contribution in [-0.4, -0.2) is 27.5 Å². The number of nitrogens with zero attached hydrogens (tertiary/aromatic N) is 2. The lowest BCUT2D eigenvalue weighted by molar-refractivity contribution is 0.0936. The molecule has 0 spiro atoms. The van der Waals surface area contributed by atoms with Crippen LogP contribution in [0.15, 0.2) is 30.5 Å². The Bertz CT molecular complexity index is 674. The van der Waals surface area contributed by atoms with Crippen molar-refractivity contribution in [1.29, 1.82) is 0 Å². The first kappa shape index (κ1) is 17.4. The molecule has 5 nitrogen and oxygen atoms in total. The Morgan fingerprint density at radius 2 is 2.04 bits per heavy atom. The number of carbonyl (C=O) groups is 1. The van der Waals surface area contributed by atoms with Crippen LogP contribution in [0.2, 0.25) is 5.02 Å². The number of aromatic nitrogens is 2. The van der Waals surface area contributed by atoms with E-state index in [-0.39, 0.29) is 5.91 Å². The Kier molecular flexibility index (Phi) is 6.07. The predicted molar refractivity (Wildman–Crippen MR) is 89.5 cm³/mol. The highest BCUT2D eigenvalue weighted by Gasteiger charge is 2.13. The summed E-state index contributed by atoms with van der Waals surface area (Å²) in [5.74, 6) is 0.393. The van der Waals surface area contributed by atoms with Crippen LogP contribution in [0.25, 0.3) is 0 Å². The largest absolute Gasteiger partial charge is 0.388 e. The van der Waals surface area contributed by atoms with Gasteiger partial charge in [-0.1, -0.05) is 30.7 Å². The van der Waals surface area contributed by atoms with Gasteiger partial charge in [0, 0.05) is 24.2 Å². The summed E-state index contributed by atoms with van der Waals surface area (Å²) >= 11 is 5.82. The van der Waals surface area contributed by atoms with E-state index in [4.69, 9.17) is 11.6 Å². The molecule has 2 rings (SSSR count). The molecule has 1 aromatic carbocycles. The second-order valence-electron chi connectivity index (χ2n) is 5.28. The van der Waals surface area contributed by atoms with Crippen LogP contribution in [0, 0.1) is 6.92 Å². The van der Waals surface area contributed by atoms with E-state index in [0.29, 0.717) is 35.9 Å². The van der Waals surface area contributed by atoms with Gasteiger partial charge in [0.1, 0.15) is 11.5 Å². The zero-order chi connectivity index (χ0) is 16.8. The molecule has 122 valence electrons. The smallest absolute Gasteiger partial charge is 0.270 e. The van der Waals surface area contributed by atoms with Crippen molar-refractivity contribution in [2.24, 2.45) is 0 Å². The molecule has 2 aromatic rings. The standard InChI is InChI=1S/C17H20ClN3O2/c1-3-15-20-10-11(2)16(21-15)17(23)19-9-8-14(22)12-4-6-13(18)7-5-12/h4-7,10,14,22H,3,8-9H2,1-2H3,(H,19,23)/t14-/m1/s1. The molecule has 0 radical (unpaired) electrons. The number of hydrogen-bond acceptors (Lipinski definition) is 4. The van der Waals surface area contributed by atoms with E-state index < -0.39 is 6.10 Å². The van der Waals surface area contributed by atoms with E-state index in [1.165, 1.54) is 0 Å². The summed E-state index contributed by atoms with van der Waals surface area (Å²) in [6.45, 7) is 4.10. The van der Waals surface area contributed by atoms with Gasteiger partial charge in [0.15, 0.2) is 0 Å². The third kappa shape index (κ3) is 4.74. The normalized spacial score (nSPS) is 12.0. The van der Waals surface area contributed by atoms with Gasteiger partial charge in [0.05, 0.1) is 6.10 Å². The summed E-state index contributed by atoms with van der Waals surface area (Å²) in [5.41, 5.74) is 1.89. The van der Waals surface area contributed by atoms with E-state index in [1.54, 1.807) is 37.4 Å². The summed E-state index contributed by atoms with van der Waals surface area (Å²) in [4.78, 5) is 20.6. The predicted octanol–water partition coefficient (Wildman–Crippen LogP) is 2.85. The van der Waals surface area contributed by atoms with E-state index in [2.05, 4.69) is 15.3 Å². The second kappa shape index (κ2) is 8.04. The van der Waals surface area contributed by atoms with Gasteiger partial charge in [-0.3, -0.25) is 4.79 Å². The van der Waals surface area contributed by atoms with Crippen LogP contribution in [0.5, 0.6) is 0 Å². The molecule has 6 heteroatoms. The Morgan fingerprint density at radius 3 is 2.70 bits per heavy atom. The average molecular weight is 334 g/mol. The molecule has 0 aliphatic carbocycles. The lowest BCUT2D eigenvalue weighted by Gasteiger charge is -2.12. The molecule has 2 N–H and O–H groups in total. The van der Waals surface area contributed by atoms with Crippen molar-refractivity contribution in [3.63, 3.8) is 0 Å². The van der Waals surface area contributed by atoms with Crippen LogP contribution in [0.4, 0.5) is 0 Å². The highest BCUT2D eigenvalue weighted by molar-refractivity contribution is 6.30. The van der Waals surface area contributed by atoms with Crippen LogP contribution in [0.1, 0.15) is 46.9 Å². The SMILES string of the molecule is CCc1ncc(C)c(C(=O)NCC[C@@H](O)c2ccc(Cl)cc2)n1. The lowest BCUT2D eigenvalue weighted by atomic mass is 10.1. The van der Waals surface area contributed by atoms with Crippen molar-refractivity contribution in [3.8, 4) is 0 Å². The number of carbonyl (C=O) groups excluding carboxylic acids is 1. The fraction of sp³-hybridized carbons (Fsp3) is 0.353. The van der Waals surface area contributed by atoms with Gasteiger partial charge in [-0.05, 0) is 36.6 Å². The molecular formula is C17H20ClN3O2. The van der Waals surface area contributed by atoms with Gasteiger partial charge in [-0.2, -0.15) is 0 Å². The van der Waals surface area contributed by atoms with Crippen molar-refractivity contribution >= 4 is 17.5 Å². The molecular weight excluding hydrogens is 314 g/mol. The molecule has 0 saturated heterocycles. The molecule has 0 fully saturated rings. The number of halogens is 1. The number of hydrogen-bond donors (Lipinski definition) is 2. The van der Waals surface area contributed by atoms with Gasteiger partial charge < -0.3 is 10.4 Å². The van der Waals surface area contributed by atoms with Crippen molar-refractivity contribution in [1.82, 2.24) is 15.3 Å². The maximum absolute atomic E-state index is 12.2. The minimum absolute atomic E-state index is 0.247. The second-order valence-corrected chi connectivity index (χ2v) is 5.72. The monoisotopic (exact) mass is 333 g/mol. The summed E-state index contributed by atoms with van der Waals surface area (Å²) in [5, 5.41) is 13.5. The fourth-order valence-electron chi connectivity index (χ4n) is 2.14. The molecule has 1 aromatic heterocycles. The van der Waals surface area contributed by atoms with Crippen molar-refractivity contribution in [3.05, 3.63) is 58.1 Å². The Morgan fingerprint density at radius 1 is 1.35 bits per heavy atom. The highest BCUT2D eigenvalue weighted by Crippen LogP contribution is 2.18. The summed E-state index contributed by atoms with van der Waals surface area (Å²) in [6, 6.07) is 7.01. The van der Waals surface area contributed by atoms with E-state index >= 15 is 0 Å². The number of benzene rings is 1. The number of nitrogens with one attached hydrogen (secondary N) is 1. The summed E-state index contributed by atoms with van der Waals surface area (Å²) in [6.07, 6.45) is 2.10. The number of aliphatic hydroxyl groups is 1. The summed E-state index contributed by atoms with van der Waals surface area (Å²) < 4.78 is 0. The Labute approximate surface area is 140 Å². The van der Waals surface area contributed by atoms with E-state index in [1.807, 2.05) is 6.92 Å². The first-order valence-corrected chi connectivity index (χ1v) is 7.93. The first-order chi connectivity index (χ1) is 11.0. The lowest BCUT2D eigenvalue weighted by Crippen LogP contribution is -2.27. The average Bonchev–Trinajstić information content (AvgIpc) is 2.55. The third-order valence-electron chi connectivity index (χ3n) is 3.51. The van der Waals surface area contributed by atoms with Crippen LogP contribution in [-0.2, 0) is 6.42 Å². The van der Waals surface area contributed by atoms with Crippen molar-refractivity contribution < 1.29 is 9.90 Å². The molecule has 23 heavy (non-hydrogen) atoms. The molecule has 1 heterocycles. The molecule has 0 aliphatic heterocycles. The van der Waals surface area contributed by atoms with Crippen molar-refractivity contribution in [2.75, 3.05) is 6.54 Å². The molecule has 0 bridgehead atoms. The van der Waals surface area contributed by atoms with Gasteiger partial charge in [0.25, 0.3) is 5.91 Å². The number of aryl methyl sites for hydroxylation is 2. The zero-order valence-electron chi connectivity index (χ0n) is 13.2. The molecule has 1 atom stereocenters. The van der Waals surface area contributed by atoms with Gasteiger partial charge in [0.2, 0.25) is 0 Å². The summed E-state index contributed by atoms with van der Waals surface area (Å²) in [7, 11) is 0. The minimum Gasteiger partial charge on any atom is -0.388 e. The molecule has 0 aliphatic rings. The molecule has 0 unspecified atom stereocenters. The van der Waals surface area contributed by atoms with E-state index in [9.17, 15) is 9.90 Å². The van der Waals surface area contributed by atoms with Crippen LogP contribution in [0.3, 0.4) is 0 Å². The maximum Gasteiger partial charge on any atom is 0.270 e. The highest BCUT2D eigenvalue weighted by atomic mass is 35.5. The number of aliphatic hydroxyl groups excluding tert-OH is 1. The van der Waals surface area contributed by atoms with Crippen molar-refractivity contribution in [2.45, 2.75) is 32.8 Å². The quantitative estimate of drug-likeness (QED) is 0.852. The van der Waals surface area contributed by atoms with Gasteiger partial charge in [-0.15, -0.1) is 0 Å². The first-order valence-electron chi connectivity index (χ1n) is 7.55. The Hall–Kier alpha value is -1.98. The molecule has 0 saturated carbocycles. The maximum atomic E-state index is 12.2. The van der Waals surface area contributed by atoms with E-state index in [0.717, 1.165) is 11.1 Å². The zero-order valence-corrected chi connectivity index (χ0v) is 14.0. The van der Waals surface area contributed by atoms with Crippen LogP contribution < -0.4 is 5.32 Å². The van der Waals surface area contributed by atoms with Crippen LogP contribution >= 0.6 is 11.6 Å².